The van der Waals surface area contributed by atoms with Crippen LogP contribution in [0.4, 0.5) is 5.69 Å². The van der Waals surface area contributed by atoms with Crippen LogP contribution in [0, 0.1) is 0 Å². The molecule has 0 saturated carbocycles. The van der Waals surface area contributed by atoms with Gasteiger partial charge in [-0.25, -0.2) is 23.5 Å². The maximum atomic E-state index is 11.2. The Hall–Kier alpha value is -2.39. The fraction of sp³-hybridized carbons (Fsp3) is 0.167. The second-order valence-corrected chi connectivity index (χ2v) is 5.20. The van der Waals surface area contributed by atoms with E-state index >= 15 is 0 Å². The molecule has 0 amide bonds. The maximum Gasteiger partial charge on any atom is 0.243 e. The molecule has 0 fully saturated rings. The molecule has 1 aromatic heterocycles. The predicted octanol–water partition coefficient (Wildman–Crippen LogP) is 0.410. The molecular formula is C12H16N4O4S. The van der Waals surface area contributed by atoms with E-state index in [1.807, 2.05) is 0 Å². The molecule has 0 aliphatic heterocycles. The number of ether oxygens (including phenoxy) is 2. The average molecular weight is 312 g/mol. The average Bonchev–Trinajstić information content (AvgIpc) is 2.47. The Balaban J connectivity index is 0.000000304. The van der Waals surface area contributed by atoms with Crippen LogP contribution < -0.4 is 20.3 Å². The Morgan fingerprint density at radius 1 is 1.10 bits per heavy atom. The summed E-state index contributed by atoms with van der Waals surface area (Å²) >= 11 is 0. The van der Waals surface area contributed by atoms with Gasteiger partial charge in [-0.3, -0.25) is 0 Å². The molecular weight excluding hydrogens is 296 g/mol. The van der Waals surface area contributed by atoms with Crippen LogP contribution >= 0.6 is 0 Å². The summed E-state index contributed by atoms with van der Waals surface area (Å²) in [6.45, 7) is 0. The van der Waals surface area contributed by atoms with Crippen molar-refractivity contribution < 1.29 is 17.9 Å². The van der Waals surface area contributed by atoms with E-state index in [-0.39, 0.29) is 16.3 Å². The highest BCUT2D eigenvalue weighted by Gasteiger charge is 2.20. The lowest BCUT2D eigenvalue weighted by atomic mass is 10.3. The molecule has 0 bridgehead atoms. The van der Waals surface area contributed by atoms with Crippen molar-refractivity contribution in [3.63, 3.8) is 0 Å². The minimum atomic E-state index is -3.91. The van der Waals surface area contributed by atoms with Crippen molar-refractivity contribution in [1.82, 2.24) is 9.97 Å². The Bertz CT molecular complexity index is 650. The lowest BCUT2D eigenvalue weighted by Crippen LogP contribution is -2.15. The molecule has 114 valence electrons. The van der Waals surface area contributed by atoms with Crippen LogP contribution in [0.2, 0.25) is 0 Å². The van der Waals surface area contributed by atoms with Crippen molar-refractivity contribution >= 4 is 15.7 Å². The third kappa shape index (κ3) is 4.89. The Labute approximate surface area is 122 Å². The van der Waals surface area contributed by atoms with Crippen LogP contribution in [0.5, 0.6) is 11.5 Å². The number of hydrogen-bond acceptors (Lipinski definition) is 7. The van der Waals surface area contributed by atoms with Gasteiger partial charge in [-0.05, 0) is 6.07 Å². The van der Waals surface area contributed by atoms with Crippen LogP contribution in [0.15, 0.2) is 41.8 Å². The number of rotatable bonds is 3. The summed E-state index contributed by atoms with van der Waals surface area (Å²) in [4.78, 5) is 7.12. The summed E-state index contributed by atoms with van der Waals surface area (Å²) in [6.07, 6.45) is 4.88. The quantitative estimate of drug-likeness (QED) is 0.785. The highest BCUT2D eigenvalue weighted by molar-refractivity contribution is 7.89. The SMILES string of the molecule is COc1cc(N)c(S(N)(=O)=O)c(OC)c1.c1cncnc1. The number of nitrogen functional groups attached to an aromatic ring is 1. The number of anilines is 1. The molecule has 9 heteroatoms. The molecule has 0 aliphatic carbocycles. The molecule has 0 radical (unpaired) electrons. The minimum Gasteiger partial charge on any atom is -0.497 e. The molecule has 2 rings (SSSR count). The molecule has 0 unspecified atom stereocenters. The number of methoxy groups -OCH3 is 2. The van der Waals surface area contributed by atoms with Crippen molar-refractivity contribution in [3.8, 4) is 11.5 Å². The summed E-state index contributed by atoms with van der Waals surface area (Å²) in [7, 11) is -1.15. The first-order valence-corrected chi connectivity index (χ1v) is 7.19. The van der Waals surface area contributed by atoms with Gasteiger partial charge in [-0.2, -0.15) is 0 Å². The molecule has 1 heterocycles. The van der Waals surface area contributed by atoms with E-state index in [2.05, 4.69) is 9.97 Å². The fourth-order valence-corrected chi connectivity index (χ4v) is 2.23. The van der Waals surface area contributed by atoms with Crippen molar-refractivity contribution in [1.29, 1.82) is 0 Å². The van der Waals surface area contributed by atoms with Gasteiger partial charge < -0.3 is 15.2 Å². The van der Waals surface area contributed by atoms with E-state index in [0.29, 0.717) is 5.75 Å². The van der Waals surface area contributed by atoms with Crippen molar-refractivity contribution in [2.24, 2.45) is 5.14 Å². The minimum absolute atomic E-state index is 0.00583. The largest absolute Gasteiger partial charge is 0.497 e. The Kier molecular flexibility index (Phi) is 5.88. The molecule has 2 aromatic rings. The van der Waals surface area contributed by atoms with Crippen LogP contribution in [-0.4, -0.2) is 32.6 Å². The van der Waals surface area contributed by atoms with Crippen LogP contribution in [0.25, 0.3) is 0 Å². The third-order valence-electron chi connectivity index (χ3n) is 2.27. The number of primary sulfonamides is 1. The van der Waals surface area contributed by atoms with Crippen molar-refractivity contribution in [2.75, 3.05) is 20.0 Å². The first kappa shape index (κ1) is 16.7. The zero-order chi connectivity index (χ0) is 15.9. The molecule has 0 spiro atoms. The van der Waals surface area contributed by atoms with E-state index in [0.717, 1.165) is 0 Å². The molecule has 0 aliphatic rings. The standard InChI is InChI=1S/C8H12N2O4S.C4H4N2/c1-13-5-3-6(9)8(15(10,11)12)7(4-5)14-2;1-2-5-4-6-3-1/h3-4H,9H2,1-2H3,(H2,10,11,12);1-4H. The van der Waals surface area contributed by atoms with E-state index in [1.165, 1.54) is 32.7 Å². The van der Waals surface area contributed by atoms with E-state index in [4.69, 9.17) is 20.3 Å². The number of nitrogens with two attached hydrogens (primary N) is 2. The van der Waals surface area contributed by atoms with E-state index < -0.39 is 10.0 Å². The zero-order valence-electron chi connectivity index (χ0n) is 11.6. The van der Waals surface area contributed by atoms with Crippen LogP contribution in [0.3, 0.4) is 0 Å². The van der Waals surface area contributed by atoms with Crippen LogP contribution in [0.1, 0.15) is 0 Å². The fourth-order valence-electron chi connectivity index (χ4n) is 1.42. The van der Waals surface area contributed by atoms with Gasteiger partial charge >= 0.3 is 0 Å². The van der Waals surface area contributed by atoms with Gasteiger partial charge in [0.15, 0.2) is 0 Å². The van der Waals surface area contributed by atoms with E-state index in [1.54, 1.807) is 18.5 Å². The van der Waals surface area contributed by atoms with Gasteiger partial charge in [0.2, 0.25) is 10.0 Å². The second kappa shape index (κ2) is 7.41. The summed E-state index contributed by atoms with van der Waals surface area (Å²) in [6, 6.07) is 4.54. The summed E-state index contributed by atoms with van der Waals surface area (Å²) in [5.41, 5.74) is 5.53. The number of hydrogen-bond donors (Lipinski definition) is 2. The van der Waals surface area contributed by atoms with Crippen molar-refractivity contribution in [3.05, 3.63) is 36.9 Å². The zero-order valence-corrected chi connectivity index (χ0v) is 12.4. The monoisotopic (exact) mass is 312 g/mol. The third-order valence-corrected chi connectivity index (χ3v) is 3.28. The summed E-state index contributed by atoms with van der Waals surface area (Å²) in [5.74, 6) is 0.464. The molecule has 0 saturated heterocycles. The van der Waals surface area contributed by atoms with Gasteiger partial charge in [-0.1, -0.05) is 0 Å². The molecule has 8 nitrogen and oxygen atoms in total. The Morgan fingerprint density at radius 3 is 2.05 bits per heavy atom. The normalized spacial score (nSPS) is 10.2. The summed E-state index contributed by atoms with van der Waals surface area (Å²) < 4.78 is 32.2. The van der Waals surface area contributed by atoms with Gasteiger partial charge in [-0.15, -0.1) is 0 Å². The predicted molar refractivity (Wildman–Crippen MR) is 77.4 cm³/mol. The number of sulfonamides is 1. The number of aromatic nitrogens is 2. The Morgan fingerprint density at radius 2 is 1.71 bits per heavy atom. The smallest absolute Gasteiger partial charge is 0.243 e. The molecule has 21 heavy (non-hydrogen) atoms. The molecule has 0 atom stereocenters. The topological polar surface area (TPSA) is 130 Å². The van der Waals surface area contributed by atoms with Crippen molar-refractivity contribution in [2.45, 2.75) is 4.90 Å². The van der Waals surface area contributed by atoms with Gasteiger partial charge in [0.05, 0.1) is 19.9 Å². The lowest BCUT2D eigenvalue weighted by molar-refractivity contribution is 0.387. The highest BCUT2D eigenvalue weighted by Crippen LogP contribution is 2.33. The van der Waals surface area contributed by atoms with Gasteiger partial charge in [0.25, 0.3) is 0 Å². The lowest BCUT2D eigenvalue weighted by Gasteiger charge is -2.11. The summed E-state index contributed by atoms with van der Waals surface area (Å²) in [5, 5.41) is 5.00. The first-order valence-electron chi connectivity index (χ1n) is 5.64. The van der Waals surface area contributed by atoms with E-state index in [9.17, 15) is 8.42 Å². The molecule has 4 N–H and O–H groups in total. The maximum absolute atomic E-state index is 11.2. The first-order chi connectivity index (χ1) is 9.90. The second-order valence-electron chi connectivity index (χ2n) is 3.70. The highest BCUT2D eigenvalue weighted by atomic mass is 32.2. The van der Waals surface area contributed by atoms with Gasteiger partial charge in [0.1, 0.15) is 22.7 Å². The number of benzene rings is 1. The number of nitrogens with zero attached hydrogens (tertiary/aromatic N) is 2. The van der Waals surface area contributed by atoms with Gasteiger partial charge in [0, 0.05) is 24.5 Å². The van der Waals surface area contributed by atoms with Crippen LogP contribution in [-0.2, 0) is 10.0 Å². The molecule has 1 aromatic carbocycles.